The third-order valence-corrected chi connectivity index (χ3v) is 3.47. The van der Waals surface area contributed by atoms with E-state index in [1.165, 1.54) is 24.3 Å². The Morgan fingerprint density at radius 3 is 2.48 bits per heavy atom. The largest absolute Gasteiger partial charge is 0.478 e. The van der Waals surface area contributed by atoms with Crippen LogP contribution in [0, 0.1) is 0 Å². The van der Waals surface area contributed by atoms with Gasteiger partial charge in [0.05, 0.1) is 17.5 Å². The molecule has 3 rings (SSSR count). The quantitative estimate of drug-likeness (QED) is 0.770. The molecule has 0 radical (unpaired) electrons. The molecule has 0 fully saturated rings. The lowest BCUT2D eigenvalue weighted by atomic mass is 10.1. The van der Waals surface area contributed by atoms with Gasteiger partial charge in [0.15, 0.2) is 0 Å². The highest BCUT2D eigenvalue weighted by atomic mass is 19.4. The maximum absolute atomic E-state index is 12.8. The van der Waals surface area contributed by atoms with Crippen molar-refractivity contribution < 1.29 is 27.6 Å². The van der Waals surface area contributed by atoms with E-state index < -0.39 is 17.7 Å². The maximum atomic E-state index is 12.8. The van der Waals surface area contributed by atoms with E-state index in [-0.39, 0.29) is 29.3 Å². The third-order valence-electron chi connectivity index (χ3n) is 3.47. The molecule has 0 aliphatic rings. The molecule has 3 aromatic rings. The second-order valence-electron chi connectivity index (χ2n) is 5.27. The normalized spacial score (nSPS) is 11.5. The van der Waals surface area contributed by atoms with E-state index in [2.05, 4.69) is 10.1 Å². The number of carbonyl (C=O) groups is 1. The first-order valence-corrected chi connectivity index (χ1v) is 7.15. The molecule has 0 saturated heterocycles. The molecule has 1 heterocycles. The molecule has 8 heteroatoms. The van der Waals surface area contributed by atoms with Gasteiger partial charge < -0.3 is 9.63 Å². The topological polar surface area (TPSA) is 76.2 Å². The summed E-state index contributed by atoms with van der Waals surface area (Å²) in [5.74, 6) is -0.755. The van der Waals surface area contributed by atoms with Crippen LogP contribution in [0.4, 0.5) is 13.2 Å². The summed E-state index contributed by atoms with van der Waals surface area (Å²) in [6.07, 6.45) is -4.21. The molecule has 0 atom stereocenters. The second kappa shape index (κ2) is 6.39. The van der Waals surface area contributed by atoms with Crippen molar-refractivity contribution in [2.24, 2.45) is 0 Å². The van der Waals surface area contributed by atoms with Gasteiger partial charge in [-0.1, -0.05) is 29.4 Å². The first-order chi connectivity index (χ1) is 11.8. The van der Waals surface area contributed by atoms with Crippen molar-refractivity contribution in [3.8, 4) is 11.4 Å². The van der Waals surface area contributed by atoms with Gasteiger partial charge in [-0.05, 0) is 29.8 Å². The SMILES string of the molecule is O=C(O)c1ccc(Cc2nc(-c3cccc(C(F)(F)F)c3)no2)cc1. The van der Waals surface area contributed by atoms with Crippen molar-refractivity contribution in [1.29, 1.82) is 0 Å². The van der Waals surface area contributed by atoms with E-state index in [0.717, 1.165) is 17.7 Å². The molecule has 0 bridgehead atoms. The van der Waals surface area contributed by atoms with Crippen molar-refractivity contribution in [2.75, 3.05) is 0 Å². The molecule has 0 unspecified atom stereocenters. The molecule has 0 aliphatic carbocycles. The predicted molar refractivity (Wildman–Crippen MR) is 80.9 cm³/mol. The van der Waals surface area contributed by atoms with Gasteiger partial charge in [0.1, 0.15) is 0 Å². The first-order valence-electron chi connectivity index (χ1n) is 7.15. The predicted octanol–water partition coefficient (Wildman–Crippen LogP) is 4.04. The van der Waals surface area contributed by atoms with Crippen LogP contribution < -0.4 is 0 Å². The maximum Gasteiger partial charge on any atom is 0.416 e. The van der Waals surface area contributed by atoms with Crippen LogP contribution in [0.25, 0.3) is 11.4 Å². The van der Waals surface area contributed by atoms with Gasteiger partial charge in [0.25, 0.3) is 0 Å². The van der Waals surface area contributed by atoms with Gasteiger partial charge in [-0.2, -0.15) is 18.2 Å². The molecule has 25 heavy (non-hydrogen) atoms. The van der Waals surface area contributed by atoms with Crippen LogP contribution in [-0.2, 0) is 12.6 Å². The second-order valence-corrected chi connectivity index (χ2v) is 5.27. The van der Waals surface area contributed by atoms with Crippen LogP contribution in [-0.4, -0.2) is 21.2 Å². The summed E-state index contributed by atoms with van der Waals surface area (Å²) in [6, 6.07) is 10.8. The van der Waals surface area contributed by atoms with Gasteiger partial charge in [-0.15, -0.1) is 0 Å². The molecular weight excluding hydrogens is 337 g/mol. The minimum Gasteiger partial charge on any atom is -0.478 e. The average molecular weight is 348 g/mol. The van der Waals surface area contributed by atoms with Crippen molar-refractivity contribution in [2.45, 2.75) is 12.6 Å². The standard InChI is InChI=1S/C17H11F3N2O3/c18-17(19,20)13-3-1-2-12(9-13)15-21-14(25-22-15)8-10-4-6-11(7-5-10)16(23)24/h1-7,9H,8H2,(H,23,24). The van der Waals surface area contributed by atoms with E-state index in [0.29, 0.717) is 0 Å². The summed E-state index contributed by atoms with van der Waals surface area (Å²) in [6.45, 7) is 0. The van der Waals surface area contributed by atoms with E-state index in [4.69, 9.17) is 9.63 Å². The smallest absolute Gasteiger partial charge is 0.416 e. The summed E-state index contributed by atoms with van der Waals surface area (Å²) in [4.78, 5) is 14.9. The number of carboxylic acids is 1. The number of aromatic carboxylic acids is 1. The van der Waals surface area contributed by atoms with Crippen molar-refractivity contribution in [3.63, 3.8) is 0 Å². The van der Waals surface area contributed by atoms with Crippen molar-refractivity contribution >= 4 is 5.97 Å². The zero-order valence-corrected chi connectivity index (χ0v) is 12.6. The number of alkyl halides is 3. The highest BCUT2D eigenvalue weighted by Gasteiger charge is 2.30. The molecule has 0 spiro atoms. The number of nitrogens with zero attached hydrogens (tertiary/aromatic N) is 2. The first kappa shape index (κ1) is 16.7. The molecule has 1 N–H and O–H groups in total. The molecule has 0 aliphatic heterocycles. The Balaban J connectivity index is 1.80. The Morgan fingerprint density at radius 2 is 1.84 bits per heavy atom. The van der Waals surface area contributed by atoms with Crippen LogP contribution in [0.2, 0.25) is 0 Å². The summed E-state index contributed by atoms with van der Waals surface area (Å²) in [7, 11) is 0. The summed E-state index contributed by atoms with van der Waals surface area (Å²) < 4.78 is 43.3. The number of hydrogen-bond donors (Lipinski definition) is 1. The lowest BCUT2D eigenvalue weighted by molar-refractivity contribution is -0.137. The fourth-order valence-electron chi connectivity index (χ4n) is 2.22. The monoisotopic (exact) mass is 348 g/mol. The Bertz CT molecular complexity index is 902. The van der Waals surface area contributed by atoms with E-state index in [1.807, 2.05) is 0 Å². The molecule has 5 nitrogen and oxygen atoms in total. The Hall–Kier alpha value is -3.16. The lowest BCUT2D eigenvalue weighted by Gasteiger charge is -2.06. The Kier molecular flexibility index (Phi) is 4.26. The van der Waals surface area contributed by atoms with Crippen LogP contribution in [0.1, 0.15) is 27.4 Å². The minimum atomic E-state index is -4.45. The van der Waals surface area contributed by atoms with Gasteiger partial charge in [-0.25, -0.2) is 4.79 Å². The van der Waals surface area contributed by atoms with Gasteiger partial charge in [0.2, 0.25) is 11.7 Å². The highest BCUT2D eigenvalue weighted by Crippen LogP contribution is 2.31. The molecule has 0 amide bonds. The minimum absolute atomic E-state index is 0.0586. The molecular formula is C17H11F3N2O3. The van der Waals surface area contributed by atoms with Gasteiger partial charge in [0, 0.05) is 5.56 Å². The van der Waals surface area contributed by atoms with Gasteiger partial charge in [-0.3, -0.25) is 0 Å². The average Bonchev–Trinajstić information content (AvgIpc) is 3.03. The number of carboxylic acid groups (broad SMARTS) is 1. The number of rotatable bonds is 4. The van der Waals surface area contributed by atoms with E-state index in [9.17, 15) is 18.0 Å². The third kappa shape index (κ3) is 3.85. The molecule has 1 aromatic heterocycles. The van der Waals surface area contributed by atoms with Crippen molar-refractivity contribution in [1.82, 2.24) is 10.1 Å². The number of halogens is 3. The van der Waals surface area contributed by atoms with Crippen LogP contribution in [0.5, 0.6) is 0 Å². The number of aromatic nitrogens is 2. The Morgan fingerprint density at radius 1 is 1.12 bits per heavy atom. The number of benzene rings is 2. The van der Waals surface area contributed by atoms with Crippen molar-refractivity contribution in [3.05, 3.63) is 71.1 Å². The zero-order valence-electron chi connectivity index (χ0n) is 12.6. The Labute approximate surface area is 139 Å². The van der Waals surface area contributed by atoms with E-state index >= 15 is 0 Å². The fourth-order valence-corrected chi connectivity index (χ4v) is 2.22. The van der Waals surface area contributed by atoms with E-state index in [1.54, 1.807) is 12.1 Å². The van der Waals surface area contributed by atoms with Crippen LogP contribution in [0.15, 0.2) is 53.1 Å². The lowest BCUT2D eigenvalue weighted by Crippen LogP contribution is -2.04. The zero-order chi connectivity index (χ0) is 18.0. The fraction of sp³-hybridized carbons (Fsp3) is 0.118. The van der Waals surface area contributed by atoms with Crippen LogP contribution >= 0.6 is 0 Å². The highest BCUT2D eigenvalue weighted by molar-refractivity contribution is 5.87. The summed E-state index contributed by atoms with van der Waals surface area (Å²) >= 11 is 0. The number of hydrogen-bond acceptors (Lipinski definition) is 4. The van der Waals surface area contributed by atoms with Gasteiger partial charge >= 0.3 is 12.1 Å². The summed E-state index contributed by atoms with van der Waals surface area (Å²) in [5.41, 5.74) is 0.301. The van der Waals surface area contributed by atoms with Crippen LogP contribution in [0.3, 0.4) is 0 Å². The molecule has 0 saturated carbocycles. The summed E-state index contributed by atoms with van der Waals surface area (Å²) in [5, 5.41) is 12.6. The molecule has 2 aromatic carbocycles. The molecule has 128 valence electrons.